The highest BCUT2D eigenvalue weighted by molar-refractivity contribution is 5.53. The van der Waals surface area contributed by atoms with Crippen LogP contribution in [-0.4, -0.2) is 5.11 Å². The summed E-state index contributed by atoms with van der Waals surface area (Å²) in [5, 5.41) is 10.5. The molecule has 1 nitrogen and oxygen atoms in total. The summed E-state index contributed by atoms with van der Waals surface area (Å²) in [7, 11) is 0. The highest BCUT2D eigenvalue weighted by Crippen LogP contribution is 2.40. The molecule has 0 aromatic heterocycles. The Bertz CT molecular complexity index is 416. The quantitative estimate of drug-likeness (QED) is 0.795. The molecule has 0 amide bonds. The third kappa shape index (κ3) is 2.20. The normalized spacial score (nSPS) is 15.4. The molecule has 0 fully saturated rings. The SMILES string of the molecule is CC(C)c1cc2c(c(O)c1C(C)C)CCCC2. The van der Waals surface area contributed by atoms with Gasteiger partial charge in [0.25, 0.3) is 0 Å². The van der Waals surface area contributed by atoms with Gasteiger partial charge in [-0.2, -0.15) is 0 Å². The molecule has 0 bridgehead atoms. The number of phenolic OH excluding ortho intramolecular Hbond substituents is 1. The third-order valence-corrected chi connectivity index (χ3v) is 3.89. The van der Waals surface area contributed by atoms with Gasteiger partial charge >= 0.3 is 0 Å². The van der Waals surface area contributed by atoms with E-state index >= 15 is 0 Å². The molecule has 0 unspecified atom stereocenters. The van der Waals surface area contributed by atoms with E-state index in [1.165, 1.54) is 35.1 Å². The van der Waals surface area contributed by atoms with Gasteiger partial charge in [-0.1, -0.05) is 33.8 Å². The van der Waals surface area contributed by atoms with Crippen LogP contribution in [0.4, 0.5) is 0 Å². The first kappa shape index (κ1) is 12.5. The number of fused-ring (bicyclic) bond motifs is 1. The van der Waals surface area contributed by atoms with Crippen LogP contribution in [0.1, 0.15) is 74.6 Å². The lowest BCUT2D eigenvalue weighted by molar-refractivity contribution is 0.449. The fourth-order valence-corrected chi connectivity index (χ4v) is 3.01. The monoisotopic (exact) mass is 232 g/mol. The van der Waals surface area contributed by atoms with Crippen LogP contribution in [0.3, 0.4) is 0 Å². The van der Waals surface area contributed by atoms with E-state index in [4.69, 9.17) is 0 Å². The van der Waals surface area contributed by atoms with E-state index < -0.39 is 0 Å². The van der Waals surface area contributed by atoms with Gasteiger partial charge in [-0.15, -0.1) is 0 Å². The second-order valence-corrected chi connectivity index (χ2v) is 5.88. The van der Waals surface area contributed by atoms with Gasteiger partial charge < -0.3 is 5.11 Å². The van der Waals surface area contributed by atoms with Crippen molar-refractivity contribution in [3.63, 3.8) is 0 Å². The number of hydrogen-bond donors (Lipinski definition) is 1. The average Bonchev–Trinajstić information content (AvgIpc) is 2.28. The summed E-state index contributed by atoms with van der Waals surface area (Å²) in [6.45, 7) is 8.79. The smallest absolute Gasteiger partial charge is 0.122 e. The Morgan fingerprint density at radius 1 is 1.00 bits per heavy atom. The summed E-state index contributed by atoms with van der Waals surface area (Å²) < 4.78 is 0. The van der Waals surface area contributed by atoms with Gasteiger partial charge in [0.05, 0.1) is 0 Å². The van der Waals surface area contributed by atoms with Crippen LogP contribution in [0.25, 0.3) is 0 Å². The second kappa shape index (κ2) is 4.72. The van der Waals surface area contributed by atoms with E-state index in [2.05, 4.69) is 33.8 Å². The lowest BCUT2D eigenvalue weighted by Crippen LogP contribution is -2.09. The fourth-order valence-electron chi connectivity index (χ4n) is 3.01. The molecule has 1 heteroatoms. The Labute approximate surface area is 105 Å². The zero-order valence-corrected chi connectivity index (χ0v) is 11.5. The molecule has 17 heavy (non-hydrogen) atoms. The van der Waals surface area contributed by atoms with Crippen molar-refractivity contribution in [3.05, 3.63) is 28.3 Å². The van der Waals surface area contributed by atoms with Gasteiger partial charge in [0.1, 0.15) is 5.75 Å². The maximum Gasteiger partial charge on any atom is 0.122 e. The van der Waals surface area contributed by atoms with Gasteiger partial charge in [0, 0.05) is 5.56 Å². The summed E-state index contributed by atoms with van der Waals surface area (Å²) in [6.07, 6.45) is 4.68. The van der Waals surface area contributed by atoms with Crippen LogP contribution in [-0.2, 0) is 12.8 Å². The number of rotatable bonds is 2. The standard InChI is InChI=1S/C16H24O/c1-10(2)14-9-12-7-5-6-8-13(12)16(17)15(14)11(3)4/h9-11,17H,5-8H2,1-4H3. The molecule has 0 saturated heterocycles. The molecule has 1 aromatic rings. The molecule has 0 atom stereocenters. The van der Waals surface area contributed by atoms with Gasteiger partial charge in [-0.05, 0) is 54.2 Å². The molecule has 0 radical (unpaired) electrons. The molecule has 1 N–H and O–H groups in total. The van der Waals surface area contributed by atoms with Crippen LogP contribution in [0.2, 0.25) is 0 Å². The van der Waals surface area contributed by atoms with Crippen LogP contribution >= 0.6 is 0 Å². The first-order chi connectivity index (χ1) is 8.02. The first-order valence-electron chi connectivity index (χ1n) is 6.89. The van der Waals surface area contributed by atoms with Crippen LogP contribution < -0.4 is 0 Å². The molecule has 94 valence electrons. The summed E-state index contributed by atoms with van der Waals surface area (Å²) in [5.41, 5.74) is 5.14. The summed E-state index contributed by atoms with van der Waals surface area (Å²) >= 11 is 0. The Hall–Kier alpha value is -0.980. The predicted molar refractivity (Wildman–Crippen MR) is 72.9 cm³/mol. The highest BCUT2D eigenvalue weighted by atomic mass is 16.3. The number of benzene rings is 1. The minimum atomic E-state index is 0.402. The predicted octanol–water partition coefficient (Wildman–Crippen LogP) is 4.52. The van der Waals surface area contributed by atoms with Crippen LogP contribution in [0.15, 0.2) is 6.07 Å². The molecule has 1 aromatic carbocycles. The maximum atomic E-state index is 10.5. The van der Waals surface area contributed by atoms with E-state index in [9.17, 15) is 5.11 Å². The highest BCUT2D eigenvalue weighted by Gasteiger charge is 2.22. The Morgan fingerprint density at radius 3 is 2.24 bits per heavy atom. The van der Waals surface area contributed by atoms with Gasteiger partial charge in [0.2, 0.25) is 0 Å². The van der Waals surface area contributed by atoms with Crippen molar-refractivity contribution >= 4 is 0 Å². The minimum Gasteiger partial charge on any atom is -0.507 e. The Kier molecular flexibility index (Phi) is 3.46. The summed E-state index contributed by atoms with van der Waals surface area (Å²) in [5.74, 6) is 1.49. The molecule has 0 saturated carbocycles. The van der Waals surface area contributed by atoms with Crippen molar-refractivity contribution in [2.75, 3.05) is 0 Å². The lowest BCUT2D eigenvalue weighted by Gasteiger charge is -2.25. The van der Waals surface area contributed by atoms with Crippen molar-refractivity contribution in [1.29, 1.82) is 0 Å². The number of phenols is 1. The fraction of sp³-hybridized carbons (Fsp3) is 0.625. The van der Waals surface area contributed by atoms with Crippen molar-refractivity contribution in [2.45, 2.75) is 65.2 Å². The maximum absolute atomic E-state index is 10.5. The molecular formula is C16H24O. The summed E-state index contributed by atoms with van der Waals surface area (Å²) in [6, 6.07) is 2.36. The lowest BCUT2D eigenvalue weighted by atomic mass is 9.81. The van der Waals surface area contributed by atoms with E-state index in [0.717, 1.165) is 12.8 Å². The molecule has 0 spiro atoms. The van der Waals surface area contributed by atoms with Crippen molar-refractivity contribution in [2.24, 2.45) is 0 Å². The number of aryl methyl sites for hydroxylation is 1. The third-order valence-electron chi connectivity index (χ3n) is 3.89. The summed E-state index contributed by atoms with van der Waals surface area (Å²) in [4.78, 5) is 0. The van der Waals surface area contributed by atoms with Gasteiger partial charge in [-0.3, -0.25) is 0 Å². The topological polar surface area (TPSA) is 20.2 Å². The van der Waals surface area contributed by atoms with E-state index in [1.807, 2.05) is 0 Å². The average molecular weight is 232 g/mol. The molecule has 2 rings (SSSR count). The van der Waals surface area contributed by atoms with E-state index in [0.29, 0.717) is 17.6 Å². The molecular weight excluding hydrogens is 208 g/mol. The molecule has 1 aliphatic carbocycles. The van der Waals surface area contributed by atoms with Crippen LogP contribution in [0, 0.1) is 0 Å². The van der Waals surface area contributed by atoms with Crippen LogP contribution in [0.5, 0.6) is 5.75 Å². The minimum absolute atomic E-state index is 0.402. The molecule has 0 aliphatic heterocycles. The largest absolute Gasteiger partial charge is 0.507 e. The number of hydrogen-bond acceptors (Lipinski definition) is 1. The van der Waals surface area contributed by atoms with E-state index in [1.54, 1.807) is 0 Å². The Morgan fingerprint density at radius 2 is 1.65 bits per heavy atom. The number of aromatic hydroxyl groups is 1. The first-order valence-corrected chi connectivity index (χ1v) is 6.89. The second-order valence-electron chi connectivity index (χ2n) is 5.88. The van der Waals surface area contributed by atoms with Crippen molar-refractivity contribution < 1.29 is 5.11 Å². The zero-order valence-electron chi connectivity index (χ0n) is 11.5. The molecule has 1 aliphatic rings. The van der Waals surface area contributed by atoms with Crippen molar-refractivity contribution in [3.8, 4) is 5.75 Å². The van der Waals surface area contributed by atoms with Gasteiger partial charge in [0.15, 0.2) is 0 Å². The Balaban J connectivity index is 2.63. The zero-order chi connectivity index (χ0) is 12.6. The molecule has 0 heterocycles. The van der Waals surface area contributed by atoms with Gasteiger partial charge in [-0.25, -0.2) is 0 Å². The van der Waals surface area contributed by atoms with Crippen molar-refractivity contribution in [1.82, 2.24) is 0 Å². The van der Waals surface area contributed by atoms with E-state index in [-0.39, 0.29) is 0 Å².